The Bertz CT molecular complexity index is 1180. The number of carbonyl (C=O) groups excluding carboxylic acids is 2. The van der Waals surface area contributed by atoms with E-state index in [4.69, 9.17) is 16.3 Å². The van der Waals surface area contributed by atoms with Crippen molar-refractivity contribution in [3.05, 3.63) is 86.6 Å². The summed E-state index contributed by atoms with van der Waals surface area (Å²) >= 11 is 7.88. The molecule has 0 bridgehead atoms. The molecule has 1 aliphatic rings. The SMILES string of the molecule is CC[C@H](C)N(CC(=O)N1CCc2sccc2[C@H]1COc1ccc(Cl)c(C)c1)C(=O)c1ccccc1. The molecule has 0 saturated heterocycles. The van der Waals surface area contributed by atoms with Gasteiger partial charge in [0.05, 0.1) is 6.04 Å². The van der Waals surface area contributed by atoms with Crippen LogP contribution in [0, 0.1) is 6.92 Å². The van der Waals surface area contributed by atoms with Crippen LogP contribution < -0.4 is 4.74 Å². The Balaban J connectivity index is 1.55. The zero-order chi connectivity index (χ0) is 24.9. The number of halogens is 1. The molecule has 0 N–H and O–H groups in total. The lowest BCUT2D eigenvalue weighted by atomic mass is 10.00. The smallest absolute Gasteiger partial charge is 0.254 e. The second-order valence-electron chi connectivity index (χ2n) is 8.93. The van der Waals surface area contributed by atoms with Crippen molar-refractivity contribution < 1.29 is 14.3 Å². The lowest BCUT2D eigenvalue weighted by Gasteiger charge is -2.38. The molecule has 0 radical (unpaired) electrons. The van der Waals surface area contributed by atoms with Crippen molar-refractivity contribution in [2.24, 2.45) is 0 Å². The second-order valence-corrected chi connectivity index (χ2v) is 10.3. The number of carbonyl (C=O) groups is 2. The minimum Gasteiger partial charge on any atom is -0.491 e. The van der Waals surface area contributed by atoms with E-state index in [0.29, 0.717) is 23.7 Å². The van der Waals surface area contributed by atoms with Gasteiger partial charge in [0.25, 0.3) is 5.91 Å². The fraction of sp³-hybridized carbons (Fsp3) is 0.357. The highest BCUT2D eigenvalue weighted by Crippen LogP contribution is 2.34. The number of hydrogen-bond acceptors (Lipinski definition) is 4. The molecule has 5 nitrogen and oxygen atoms in total. The molecule has 7 heteroatoms. The maximum absolute atomic E-state index is 13.7. The predicted molar refractivity (Wildman–Crippen MR) is 141 cm³/mol. The topological polar surface area (TPSA) is 49.9 Å². The first-order valence-electron chi connectivity index (χ1n) is 12.0. The number of rotatable bonds is 8. The average Bonchev–Trinajstić information content (AvgIpc) is 3.36. The van der Waals surface area contributed by atoms with Crippen LogP contribution in [-0.4, -0.2) is 47.4 Å². The molecule has 35 heavy (non-hydrogen) atoms. The zero-order valence-electron chi connectivity index (χ0n) is 20.4. The van der Waals surface area contributed by atoms with Crippen LogP contribution in [0.4, 0.5) is 0 Å². The van der Waals surface area contributed by atoms with Gasteiger partial charge in [-0.25, -0.2) is 0 Å². The first-order chi connectivity index (χ1) is 16.9. The summed E-state index contributed by atoms with van der Waals surface area (Å²) < 4.78 is 6.15. The quantitative estimate of drug-likeness (QED) is 0.365. The van der Waals surface area contributed by atoms with E-state index in [1.807, 2.05) is 62.1 Å². The number of thiophene rings is 1. The summed E-state index contributed by atoms with van der Waals surface area (Å²) in [6.07, 6.45) is 1.58. The summed E-state index contributed by atoms with van der Waals surface area (Å²) in [5, 5.41) is 2.77. The number of nitrogens with zero attached hydrogens (tertiary/aromatic N) is 2. The number of aryl methyl sites for hydroxylation is 1. The predicted octanol–water partition coefficient (Wildman–Crippen LogP) is 6.16. The molecule has 3 aromatic rings. The van der Waals surface area contributed by atoms with Crippen molar-refractivity contribution in [1.82, 2.24) is 9.80 Å². The number of benzene rings is 2. The summed E-state index contributed by atoms with van der Waals surface area (Å²) in [7, 11) is 0. The van der Waals surface area contributed by atoms with E-state index >= 15 is 0 Å². The minimum atomic E-state index is -0.209. The number of amides is 2. The highest BCUT2D eigenvalue weighted by Gasteiger charge is 2.34. The van der Waals surface area contributed by atoms with E-state index in [1.54, 1.807) is 28.4 Å². The molecule has 2 heterocycles. The minimum absolute atomic E-state index is 0.0404. The van der Waals surface area contributed by atoms with Gasteiger partial charge in [-0.05, 0) is 79.6 Å². The van der Waals surface area contributed by atoms with Crippen molar-refractivity contribution in [2.75, 3.05) is 19.7 Å². The van der Waals surface area contributed by atoms with Gasteiger partial charge in [0.15, 0.2) is 0 Å². The summed E-state index contributed by atoms with van der Waals surface area (Å²) in [6, 6.07) is 16.6. The molecule has 1 aromatic heterocycles. The third-order valence-corrected chi connectivity index (χ3v) is 8.08. The third-order valence-electron chi connectivity index (χ3n) is 6.66. The largest absolute Gasteiger partial charge is 0.491 e. The molecule has 184 valence electrons. The van der Waals surface area contributed by atoms with Gasteiger partial charge in [0.1, 0.15) is 18.9 Å². The van der Waals surface area contributed by atoms with Gasteiger partial charge in [0, 0.05) is 28.0 Å². The highest BCUT2D eigenvalue weighted by molar-refractivity contribution is 7.10. The molecule has 2 aromatic carbocycles. The molecule has 2 atom stereocenters. The van der Waals surface area contributed by atoms with Crippen LogP contribution in [0.15, 0.2) is 60.0 Å². The van der Waals surface area contributed by atoms with Gasteiger partial charge in [0.2, 0.25) is 5.91 Å². The normalized spacial score (nSPS) is 15.9. The Morgan fingerprint density at radius 3 is 2.69 bits per heavy atom. The Morgan fingerprint density at radius 2 is 1.97 bits per heavy atom. The van der Waals surface area contributed by atoms with Gasteiger partial charge in [-0.3, -0.25) is 9.59 Å². The van der Waals surface area contributed by atoms with E-state index in [2.05, 4.69) is 11.4 Å². The Morgan fingerprint density at radius 1 is 1.20 bits per heavy atom. The molecule has 2 amide bonds. The molecule has 4 rings (SSSR count). The van der Waals surface area contributed by atoms with Crippen LogP contribution >= 0.6 is 22.9 Å². The van der Waals surface area contributed by atoms with Gasteiger partial charge < -0.3 is 14.5 Å². The fourth-order valence-corrected chi connectivity index (χ4v) is 5.43. The van der Waals surface area contributed by atoms with E-state index in [-0.39, 0.29) is 30.4 Å². The second kappa shape index (κ2) is 11.3. The van der Waals surface area contributed by atoms with Crippen LogP contribution in [0.25, 0.3) is 0 Å². The molecule has 0 aliphatic carbocycles. The molecular weight excluding hydrogens is 480 g/mol. The standard InChI is InChI=1S/C28H31ClN2O3S/c1-4-20(3)31(28(33)21-8-6-5-7-9-21)17-27(32)30-14-12-26-23(13-15-35-26)25(30)18-34-22-10-11-24(29)19(2)16-22/h5-11,13,15-16,20,25H,4,12,14,17-18H2,1-3H3/t20-,25+/m0/s1. The van der Waals surface area contributed by atoms with Crippen LogP contribution in [0.3, 0.4) is 0 Å². The maximum atomic E-state index is 13.7. The first-order valence-corrected chi connectivity index (χ1v) is 13.3. The van der Waals surface area contributed by atoms with Crippen LogP contribution in [0.2, 0.25) is 5.02 Å². The van der Waals surface area contributed by atoms with E-state index in [1.165, 1.54) is 4.88 Å². The molecule has 0 saturated carbocycles. The number of hydrogen-bond donors (Lipinski definition) is 0. The van der Waals surface area contributed by atoms with Gasteiger partial charge in [-0.1, -0.05) is 36.7 Å². The average molecular weight is 511 g/mol. The first kappa shape index (κ1) is 25.3. The summed E-state index contributed by atoms with van der Waals surface area (Å²) in [4.78, 5) is 31.8. The van der Waals surface area contributed by atoms with E-state index in [9.17, 15) is 9.59 Å². The summed E-state index contributed by atoms with van der Waals surface area (Å²) in [5.74, 6) is 0.542. The monoisotopic (exact) mass is 510 g/mol. The fourth-order valence-electron chi connectivity index (χ4n) is 4.39. The zero-order valence-corrected chi connectivity index (χ0v) is 21.9. The van der Waals surface area contributed by atoms with E-state index < -0.39 is 0 Å². The van der Waals surface area contributed by atoms with Gasteiger partial charge in [-0.2, -0.15) is 0 Å². The van der Waals surface area contributed by atoms with Gasteiger partial charge in [-0.15, -0.1) is 11.3 Å². The van der Waals surface area contributed by atoms with Crippen LogP contribution in [-0.2, 0) is 11.2 Å². The van der Waals surface area contributed by atoms with Crippen molar-refractivity contribution in [3.8, 4) is 5.75 Å². The molecule has 0 fully saturated rings. The lowest BCUT2D eigenvalue weighted by Crippen LogP contribution is -2.49. The van der Waals surface area contributed by atoms with Gasteiger partial charge >= 0.3 is 0 Å². The van der Waals surface area contributed by atoms with Crippen molar-refractivity contribution in [2.45, 2.75) is 45.7 Å². The molecular formula is C28H31ClN2O3S. The van der Waals surface area contributed by atoms with E-state index in [0.717, 1.165) is 29.7 Å². The van der Waals surface area contributed by atoms with Crippen molar-refractivity contribution in [3.63, 3.8) is 0 Å². The molecule has 1 aliphatic heterocycles. The molecule has 0 unspecified atom stereocenters. The number of fused-ring (bicyclic) bond motifs is 1. The summed E-state index contributed by atoms with van der Waals surface area (Å²) in [6.45, 7) is 6.95. The maximum Gasteiger partial charge on any atom is 0.254 e. The Hall–Kier alpha value is -2.83. The van der Waals surface area contributed by atoms with Crippen LogP contribution in [0.1, 0.15) is 52.7 Å². The van der Waals surface area contributed by atoms with Crippen molar-refractivity contribution in [1.29, 1.82) is 0 Å². The van der Waals surface area contributed by atoms with Crippen molar-refractivity contribution >= 4 is 34.8 Å². The molecule has 0 spiro atoms. The van der Waals surface area contributed by atoms with Crippen LogP contribution in [0.5, 0.6) is 5.75 Å². The Labute approximate surface area is 216 Å². The summed E-state index contributed by atoms with van der Waals surface area (Å²) in [5.41, 5.74) is 2.67. The third kappa shape index (κ3) is 5.71. The highest BCUT2D eigenvalue weighted by atomic mass is 35.5. The number of ether oxygens (including phenoxy) is 1. The lowest BCUT2D eigenvalue weighted by molar-refractivity contribution is -0.136. The Kier molecular flexibility index (Phi) is 8.14.